The highest BCUT2D eigenvalue weighted by Gasteiger charge is 2.08. The second kappa shape index (κ2) is 6.20. The molecule has 2 heterocycles. The Bertz CT molecular complexity index is 438. The van der Waals surface area contributed by atoms with Crippen molar-refractivity contribution < 1.29 is 0 Å². The number of nitrogens with zero attached hydrogens (tertiary/aromatic N) is 2. The van der Waals surface area contributed by atoms with Crippen LogP contribution in [0, 0.1) is 0 Å². The average molecular weight is 268 g/mol. The molecule has 0 aromatic carbocycles. The van der Waals surface area contributed by atoms with Crippen LogP contribution < -0.4 is 11.1 Å². The first kappa shape index (κ1) is 12.6. The maximum atomic E-state index is 5.50. The van der Waals surface area contributed by atoms with Crippen molar-refractivity contribution >= 4 is 22.7 Å². The molecule has 0 fully saturated rings. The number of nitrogens with two attached hydrogens (primary N) is 1. The first-order valence-electron chi connectivity index (χ1n) is 5.55. The first-order valence-corrected chi connectivity index (χ1v) is 7.31. The minimum Gasteiger partial charge on any atom is -0.330 e. The molecule has 92 valence electrons. The van der Waals surface area contributed by atoms with Crippen LogP contribution in [0.5, 0.6) is 0 Å². The molecule has 0 amide bonds. The second-order valence-electron chi connectivity index (χ2n) is 3.74. The van der Waals surface area contributed by atoms with Crippen molar-refractivity contribution in [2.75, 3.05) is 6.54 Å². The summed E-state index contributed by atoms with van der Waals surface area (Å²) >= 11 is 3.35. The molecule has 0 spiro atoms. The van der Waals surface area contributed by atoms with Crippen LogP contribution in [-0.2, 0) is 13.0 Å². The molecular formula is C11H16N4S2. The minimum absolute atomic E-state index is 0.273. The summed E-state index contributed by atoms with van der Waals surface area (Å²) in [7, 11) is 0. The minimum atomic E-state index is 0.273. The zero-order valence-electron chi connectivity index (χ0n) is 9.72. The van der Waals surface area contributed by atoms with E-state index in [4.69, 9.17) is 5.73 Å². The summed E-state index contributed by atoms with van der Waals surface area (Å²) in [4.78, 5) is 8.80. The third-order valence-corrected chi connectivity index (χ3v) is 4.28. The molecule has 2 rings (SSSR count). The standard InChI is InChI=1S/C11H16N4S2/c1-8(11-13-4-5-16-11)14-6-9-7-17-10(15-9)2-3-12/h4-5,7-8,14H,2-3,6,12H2,1H3. The molecule has 0 aliphatic carbocycles. The quantitative estimate of drug-likeness (QED) is 0.840. The van der Waals surface area contributed by atoms with E-state index < -0.39 is 0 Å². The fourth-order valence-corrected chi connectivity index (χ4v) is 2.95. The van der Waals surface area contributed by atoms with Crippen molar-refractivity contribution in [1.29, 1.82) is 0 Å². The van der Waals surface area contributed by atoms with E-state index in [-0.39, 0.29) is 6.04 Å². The topological polar surface area (TPSA) is 63.8 Å². The normalized spacial score (nSPS) is 12.8. The van der Waals surface area contributed by atoms with Crippen molar-refractivity contribution in [2.45, 2.75) is 25.9 Å². The van der Waals surface area contributed by atoms with Crippen molar-refractivity contribution in [3.8, 4) is 0 Å². The number of rotatable bonds is 6. The Morgan fingerprint density at radius 2 is 2.35 bits per heavy atom. The van der Waals surface area contributed by atoms with Gasteiger partial charge in [0.1, 0.15) is 5.01 Å². The lowest BCUT2D eigenvalue weighted by molar-refractivity contribution is 0.566. The smallest absolute Gasteiger partial charge is 0.109 e. The molecule has 0 aliphatic rings. The lowest BCUT2D eigenvalue weighted by atomic mass is 10.3. The van der Waals surface area contributed by atoms with Crippen molar-refractivity contribution in [2.24, 2.45) is 5.73 Å². The predicted molar refractivity (Wildman–Crippen MR) is 72.2 cm³/mol. The number of hydrogen-bond donors (Lipinski definition) is 2. The predicted octanol–water partition coefficient (Wildman–Crippen LogP) is 1.95. The number of aromatic nitrogens is 2. The van der Waals surface area contributed by atoms with E-state index in [1.165, 1.54) is 0 Å². The van der Waals surface area contributed by atoms with E-state index >= 15 is 0 Å². The summed E-state index contributed by atoms with van der Waals surface area (Å²) < 4.78 is 0. The van der Waals surface area contributed by atoms with Gasteiger partial charge in [-0.05, 0) is 13.5 Å². The Hall–Kier alpha value is -0.820. The van der Waals surface area contributed by atoms with Gasteiger partial charge in [-0.1, -0.05) is 0 Å². The Kier molecular flexibility index (Phi) is 4.61. The zero-order chi connectivity index (χ0) is 12.1. The highest BCUT2D eigenvalue weighted by molar-refractivity contribution is 7.09. The van der Waals surface area contributed by atoms with Gasteiger partial charge in [-0.2, -0.15) is 0 Å². The fourth-order valence-electron chi connectivity index (χ4n) is 1.46. The van der Waals surface area contributed by atoms with Gasteiger partial charge in [0, 0.05) is 29.9 Å². The van der Waals surface area contributed by atoms with Crippen LogP contribution in [-0.4, -0.2) is 16.5 Å². The van der Waals surface area contributed by atoms with Crippen LogP contribution >= 0.6 is 22.7 Å². The molecule has 2 aromatic rings. The molecule has 0 bridgehead atoms. The lowest BCUT2D eigenvalue weighted by Gasteiger charge is -2.09. The number of nitrogens with one attached hydrogen (secondary N) is 1. The Labute approximate surface area is 109 Å². The number of thiazole rings is 2. The van der Waals surface area contributed by atoms with Crippen molar-refractivity contribution in [3.63, 3.8) is 0 Å². The fraction of sp³-hybridized carbons (Fsp3) is 0.455. The first-order chi connectivity index (χ1) is 8.29. The molecular weight excluding hydrogens is 252 g/mol. The maximum Gasteiger partial charge on any atom is 0.109 e. The molecule has 2 aromatic heterocycles. The molecule has 17 heavy (non-hydrogen) atoms. The van der Waals surface area contributed by atoms with Gasteiger partial charge in [0.15, 0.2) is 0 Å². The van der Waals surface area contributed by atoms with Crippen molar-refractivity contribution in [1.82, 2.24) is 15.3 Å². The van der Waals surface area contributed by atoms with Crippen LogP contribution in [0.4, 0.5) is 0 Å². The summed E-state index contributed by atoms with van der Waals surface area (Å²) in [6.45, 7) is 3.56. The van der Waals surface area contributed by atoms with Gasteiger partial charge < -0.3 is 11.1 Å². The second-order valence-corrected chi connectivity index (χ2v) is 5.61. The van der Waals surface area contributed by atoms with Crippen LogP contribution in [0.1, 0.15) is 28.7 Å². The summed E-state index contributed by atoms with van der Waals surface area (Å²) in [6.07, 6.45) is 2.70. The van der Waals surface area contributed by atoms with Gasteiger partial charge in [0.2, 0.25) is 0 Å². The van der Waals surface area contributed by atoms with Gasteiger partial charge in [0.25, 0.3) is 0 Å². The van der Waals surface area contributed by atoms with E-state index in [2.05, 4.69) is 27.6 Å². The maximum absolute atomic E-state index is 5.50. The summed E-state index contributed by atoms with van der Waals surface area (Å²) in [5.41, 5.74) is 6.59. The molecule has 4 nitrogen and oxygen atoms in total. The molecule has 1 atom stereocenters. The summed E-state index contributed by atoms with van der Waals surface area (Å²) in [5.74, 6) is 0. The third kappa shape index (κ3) is 3.57. The third-order valence-electron chi connectivity index (χ3n) is 2.37. The molecule has 0 radical (unpaired) electrons. The van der Waals surface area contributed by atoms with Gasteiger partial charge in [-0.3, -0.25) is 0 Å². The SMILES string of the molecule is CC(NCc1csc(CCN)n1)c1nccs1. The highest BCUT2D eigenvalue weighted by atomic mass is 32.1. The van der Waals surface area contributed by atoms with Crippen LogP contribution in [0.3, 0.4) is 0 Å². The number of hydrogen-bond acceptors (Lipinski definition) is 6. The monoisotopic (exact) mass is 268 g/mol. The lowest BCUT2D eigenvalue weighted by Crippen LogP contribution is -2.18. The highest BCUT2D eigenvalue weighted by Crippen LogP contribution is 2.16. The van der Waals surface area contributed by atoms with Crippen LogP contribution in [0.25, 0.3) is 0 Å². The van der Waals surface area contributed by atoms with E-state index in [0.29, 0.717) is 6.54 Å². The molecule has 0 aliphatic heterocycles. The zero-order valence-corrected chi connectivity index (χ0v) is 11.4. The largest absolute Gasteiger partial charge is 0.330 e. The molecule has 3 N–H and O–H groups in total. The summed E-state index contributed by atoms with van der Waals surface area (Å²) in [5, 5.41) is 9.73. The van der Waals surface area contributed by atoms with Gasteiger partial charge in [-0.25, -0.2) is 9.97 Å². The molecule has 0 saturated heterocycles. The van der Waals surface area contributed by atoms with E-state index in [9.17, 15) is 0 Å². The molecule has 0 saturated carbocycles. The molecule has 1 unspecified atom stereocenters. The van der Waals surface area contributed by atoms with E-state index in [1.807, 2.05) is 11.6 Å². The summed E-state index contributed by atoms with van der Waals surface area (Å²) in [6, 6.07) is 0.273. The van der Waals surface area contributed by atoms with Crippen LogP contribution in [0.2, 0.25) is 0 Å². The Morgan fingerprint density at radius 3 is 3.06 bits per heavy atom. The molecule has 6 heteroatoms. The van der Waals surface area contributed by atoms with Crippen LogP contribution in [0.15, 0.2) is 17.0 Å². The van der Waals surface area contributed by atoms with Crippen molar-refractivity contribution in [3.05, 3.63) is 32.7 Å². The van der Waals surface area contributed by atoms with E-state index in [1.54, 1.807) is 22.7 Å². The average Bonchev–Trinajstić information content (AvgIpc) is 2.97. The van der Waals surface area contributed by atoms with E-state index in [0.717, 1.165) is 28.7 Å². The Morgan fingerprint density at radius 1 is 1.47 bits per heavy atom. The van der Waals surface area contributed by atoms with Gasteiger partial charge in [-0.15, -0.1) is 22.7 Å². The Balaban J connectivity index is 1.84. The van der Waals surface area contributed by atoms with Gasteiger partial charge in [0.05, 0.1) is 16.7 Å². The van der Waals surface area contributed by atoms with Gasteiger partial charge >= 0.3 is 0 Å².